The first-order valence-corrected chi connectivity index (χ1v) is 7.52. The van der Waals surface area contributed by atoms with Gasteiger partial charge in [0.15, 0.2) is 6.61 Å². The van der Waals surface area contributed by atoms with E-state index in [1.54, 1.807) is 4.90 Å². The third kappa shape index (κ3) is 3.05. The molecule has 1 aliphatic rings. The van der Waals surface area contributed by atoms with Crippen molar-refractivity contribution in [2.75, 3.05) is 23.4 Å². The molecule has 0 unspecified atom stereocenters. The number of benzene rings is 1. The van der Waals surface area contributed by atoms with Crippen molar-refractivity contribution in [1.29, 1.82) is 0 Å². The first kappa shape index (κ1) is 13.6. The highest BCUT2D eigenvalue weighted by Crippen LogP contribution is 2.31. The van der Waals surface area contributed by atoms with Gasteiger partial charge in [0.25, 0.3) is 5.91 Å². The van der Waals surface area contributed by atoms with Crippen molar-refractivity contribution in [3.8, 4) is 5.75 Å². The summed E-state index contributed by atoms with van der Waals surface area (Å²) in [5.41, 5.74) is 1.51. The van der Waals surface area contributed by atoms with E-state index in [0.717, 1.165) is 11.4 Å². The van der Waals surface area contributed by atoms with Gasteiger partial charge in [0.1, 0.15) is 5.75 Å². The van der Waals surface area contributed by atoms with Gasteiger partial charge >= 0.3 is 0 Å². The van der Waals surface area contributed by atoms with Gasteiger partial charge in [0, 0.05) is 18.3 Å². The van der Waals surface area contributed by atoms with Gasteiger partial charge in [0.2, 0.25) is 5.91 Å². The molecule has 2 heterocycles. The van der Waals surface area contributed by atoms with Crippen LogP contribution >= 0.6 is 11.3 Å². The predicted molar refractivity (Wildman–Crippen MR) is 81.9 cm³/mol. The number of carbonyl (C=O) groups excluding carboxylic acids is 2. The summed E-state index contributed by atoms with van der Waals surface area (Å²) in [5, 5.41) is 6.57. The molecule has 0 saturated carbocycles. The third-order valence-electron chi connectivity index (χ3n) is 3.18. The lowest BCUT2D eigenvalue weighted by molar-refractivity contribution is -0.121. The number of fused-ring (bicyclic) bond motifs is 1. The van der Waals surface area contributed by atoms with E-state index < -0.39 is 0 Å². The zero-order valence-electron chi connectivity index (χ0n) is 11.2. The minimum atomic E-state index is -0.128. The van der Waals surface area contributed by atoms with Gasteiger partial charge in [-0.05, 0) is 23.6 Å². The van der Waals surface area contributed by atoms with E-state index in [1.165, 1.54) is 11.3 Å². The molecule has 1 aromatic carbocycles. The Labute approximate surface area is 126 Å². The molecular weight excluding hydrogens is 288 g/mol. The Morgan fingerprint density at radius 1 is 1.33 bits per heavy atom. The average molecular weight is 302 g/mol. The molecule has 3 rings (SSSR count). The van der Waals surface area contributed by atoms with Gasteiger partial charge < -0.3 is 15.0 Å². The molecule has 1 aromatic heterocycles. The first-order valence-electron chi connectivity index (χ1n) is 6.58. The van der Waals surface area contributed by atoms with Gasteiger partial charge in [-0.3, -0.25) is 9.59 Å². The lowest BCUT2D eigenvalue weighted by Crippen LogP contribution is -2.40. The van der Waals surface area contributed by atoms with Crippen LogP contribution in [0.1, 0.15) is 6.42 Å². The summed E-state index contributed by atoms with van der Waals surface area (Å²) in [4.78, 5) is 25.5. The molecule has 0 bridgehead atoms. The first-order chi connectivity index (χ1) is 10.2. The van der Waals surface area contributed by atoms with Crippen molar-refractivity contribution in [3.63, 3.8) is 0 Å². The van der Waals surface area contributed by atoms with Crippen molar-refractivity contribution in [2.45, 2.75) is 6.42 Å². The highest BCUT2D eigenvalue weighted by atomic mass is 32.1. The molecule has 0 spiro atoms. The molecule has 108 valence electrons. The van der Waals surface area contributed by atoms with Gasteiger partial charge in [0.05, 0.1) is 11.4 Å². The standard InChI is InChI=1S/C15H14N2O3S/c18-14(16-11-6-8-21-10-11)5-7-17-12-3-1-2-4-13(12)20-9-15(17)19/h1-4,6,8,10H,5,7,9H2,(H,16,18). The predicted octanol–water partition coefficient (Wildman–Crippen LogP) is 2.50. The number of nitrogens with zero attached hydrogens (tertiary/aromatic N) is 1. The molecule has 2 aromatic rings. The molecule has 1 N–H and O–H groups in total. The number of para-hydroxylation sites is 2. The number of hydrogen-bond donors (Lipinski definition) is 1. The van der Waals surface area contributed by atoms with Crippen LogP contribution in [0.15, 0.2) is 41.1 Å². The summed E-state index contributed by atoms with van der Waals surface area (Å²) >= 11 is 1.52. The lowest BCUT2D eigenvalue weighted by atomic mass is 10.2. The van der Waals surface area contributed by atoms with Crippen LogP contribution in [0.4, 0.5) is 11.4 Å². The largest absolute Gasteiger partial charge is 0.482 e. The molecule has 2 amide bonds. The smallest absolute Gasteiger partial charge is 0.265 e. The molecule has 21 heavy (non-hydrogen) atoms. The zero-order chi connectivity index (χ0) is 14.7. The minimum Gasteiger partial charge on any atom is -0.482 e. The topological polar surface area (TPSA) is 58.6 Å². The molecule has 6 heteroatoms. The van der Waals surface area contributed by atoms with E-state index in [4.69, 9.17) is 4.74 Å². The average Bonchev–Trinajstić information content (AvgIpc) is 2.99. The number of hydrogen-bond acceptors (Lipinski definition) is 4. The highest BCUT2D eigenvalue weighted by molar-refractivity contribution is 7.08. The summed E-state index contributed by atoms with van der Waals surface area (Å²) in [5.74, 6) is 0.442. The maximum absolute atomic E-state index is 12.0. The van der Waals surface area contributed by atoms with Gasteiger partial charge in [-0.1, -0.05) is 12.1 Å². The van der Waals surface area contributed by atoms with E-state index in [0.29, 0.717) is 12.3 Å². The number of rotatable bonds is 4. The van der Waals surface area contributed by atoms with E-state index in [-0.39, 0.29) is 24.8 Å². The summed E-state index contributed by atoms with van der Waals surface area (Å²) in [6.07, 6.45) is 0.246. The van der Waals surface area contributed by atoms with Crippen LogP contribution in [0, 0.1) is 0 Å². The van der Waals surface area contributed by atoms with Gasteiger partial charge in [-0.25, -0.2) is 0 Å². The quantitative estimate of drug-likeness (QED) is 0.944. The van der Waals surface area contributed by atoms with Crippen LogP contribution in [0.25, 0.3) is 0 Å². The third-order valence-corrected chi connectivity index (χ3v) is 3.86. The Hall–Kier alpha value is -2.34. The Kier molecular flexibility index (Phi) is 3.87. The molecule has 1 aliphatic heterocycles. The Bertz CT molecular complexity index is 655. The SMILES string of the molecule is O=C(CCN1C(=O)COc2ccccc21)Nc1ccsc1. The van der Waals surface area contributed by atoms with Crippen LogP contribution in [0.5, 0.6) is 5.75 Å². The van der Waals surface area contributed by atoms with E-state index in [9.17, 15) is 9.59 Å². The number of anilines is 2. The molecular formula is C15H14N2O3S. The minimum absolute atomic E-state index is 0.0170. The molecule has 0 fully saturated rings. The number of ether oxygens (including phenoxy) is 1. The maximum Gasteiger partial charge on any atom is 0.265 e. The lowest BCUT2D eigenvalue weighted by Gasteiger charge is -2.29. The molecule has 0 atom stereocenters. The van der Waals surface area contributed by atoms with Crippen molar-refractivity contribution >= 4 is 34.5 Å². The molecule has 0 radical (unpaired) electrons. The zero-order valence-corrected chi connectivity index (χ0v) is 12.1. The van der Waals surface area contributed by atoms with E-state index in [2.05, 4.69) is 5.32 Å². The number of nitrogens with one attached hydrogen (secondary N) is 1. The summed E-state index contributed by atoms with van der Waals surface area (Å²) in [7, 11) is 0. The van der Waals surface area contributed by atoms with Crippen molar-refractivity contribution < 1.29 is 14.3 Å². The molecule has 5 nitrogen and oxygen atoms in total. The van der Waals surface area contributed by atoms with Crippen LogP contribution < -0.4 is 15.0 Å². The van der Waals surface area contributed by atoms with E-state index in [1.807, 2.05) is 41.1 Å². The normalized spacial score (nSPS) is 13.5. The fraction of sp³-hybridized carbons (Fsp3) is 0.200. The Balaban J connectivity index is 1.64. The monoisotopic (exact) mass is 302 g/mol. The Morgan fingerprint density at radius 2 is 2.19 bits per heavy atom. The number of carbonyl (C=O) groups is 2. The van der Waals surface area contributed by atoms with Gasteiger partial charge in [-0.2, -0.15) is 11.3 Å². The van der Waals surface area contributed by atoms with E-state index >= 15 is 0 Å². The second-order valence-corrected chi connectivity index (χ2v) is 5.39. The highest BCUT2D eigenvalue weighted by Gasteiger charge is 2.25. The second kappa shape index (κ2) is 5.97. The van der Waals surface area contributed by atoms with Gasteiger partial charge in [-0.15, -0.1) is 0 Å². The summed E-state index contributed by atoms with van der Waals surface area (Å²) in [6.45, 7) is 0.359. The van der Waals surface area contributed by atoms with Crippen LogP contribution in [-0.4, -0.2) is 25.0 Å². The maximum atomic E-state index is 12.0. The Morgan fingerprint density at radius 3 is 3.00 bits per heavy atom. The van der Waals surface area contributed by atoms with Crippen LogP contribution in [0.3, 0.4) is 0 Å². The van der Waals surface area contributed by atoms with Crippen molar-refractivity contribution in [2.24, 2.45) is 0 Å². The molecule has 0 aliphatic carbocycles. The number of thiophene rings is 1. The number of amides is 2. The summed E-state index contributed by atoms with van der Waals surface area (Å²) in [6, 6.07) is 9.19. The molecule has 0 saturated heterocycles. The van der Waals surface area contributed by atoms with Crippen molar-refractivity contribution in [1.82, 2.24) is 0 Å². The fourth-order valence-corrected chi connectivity index (χ4v) is 2.76. The summed E-state index contributed by atoms with van der Waals surface area (Å²) < 4.78 is 5.37. The second-order valence-electron chi connectivity index (χ2n) is 4.61. The van der Waals surface area contributed by atoms with Crippen LogP contribution in [0.2, 0.25) is 0 Å². The van der Waals surface area contributed by atoms with Crippen molar-refractivity contribution in [3.05, 3.63) is 41.1 Å². The van der Waals surface area contributed by atoms with Crippen LogP contribution in [-0.2, 0) is 9.59 Å². The fourth-order valence-electron chi connectivity index (χ4n) is 2.17.